The predicted molar refractivity (Wildman–Crippen MR) is 62.7 cm³/mol. The Hall–Kier alpha value is 0.310. The van der Waals surface area contributed by atoms with E-state index in [1.54, 1.807) is 0 Å². The zero-order chi connectivity index (χ0) is 10.4. The first kappa shape index (κ1) is 10.8. The lowest BCUT2D eigenvalue weighted by Crippen LogP contribution is -2.41. The van der Waals surface area contributed by atoms with Crippen LogP contribution in [0.4, 0.5) is 0 Å². The molecule has 0 spiro atoms. The Balaban J connectivity index is 2.30. The van der Waals surface area contributed by atoms with Gasteiger partial charge in [0.05, 0.1) is 6.10 Å². The van der Waals surface area contributed by atoms with E-state index in [4.69, 9.17) is 4.74 Å². The van der Waals surface area contributed by atoms with Crippen molar-refractivity contribution in [2.24, 2.45) is 16.7 Å². The van der Waals surface area contributed by atoms with E-state index in [9.17, 15) is 0 Å². The van der Waals surface area contributed by atoms with E-state index < -0.39 is 0 Å². The van der Waals surface area contributed by atoms with Crippen LogP contribution in [0.25, 0.3) is 0 Å². The molecule has 2 bridgehead atoms. The number of fused-ring (bicyclic) bond motifs is 2. The fourth-order valence-corrected chi connectivity index (χ4v) is 5.14. The number of thioether (sulfide) groups is 1. The van der Waals surface area contributed by atoms with Crippen LogP contribution >= 0.6 is 11.8 Å². The lowest BCUT2D eigenvalue weighted by atomic mass is 9.69. The molecule has 82 valence electrons. The zero-order valence-corrected chi connectivity index (χ0v) is 10.6. The minimum Gasteiger partial charge on any atom is -0.381 e. The van der Waals surface area contributed by atoms with Crippen LogP contribution in [0.15, 0.2) is 0 Å². The number of methoxy groups -OCH3 is 1. The third-order valence-corrected chi connectivity index (χ3v) is 5.85. The maximum atomic E-state index is 5.72. The monoisotopic (exact) mass is 214 g/mol. The normalized spacial score (nSPS) is 44.6. The molecular weight excluding hydrogens is 192 g/mol. The molecule has 0 amide bonds. The van der Waals surface area contributed by atoms with Gasteiger partial charge in [-0.1, -0.05) is 13.8 Å². The first-order chi connectivity index (χ1) is 6.58. The molecular formula is C12H22OS. The third-order valence-electron chi connectivity index (χ3n) is 5.04. The van der Waals surface area contributed by atoms with Crippen LogP contribution in [0, 0.1) is 16.7 Å². The van der Waals surface area contributed by atoms with Gasteiger partial charge in [0.25, 0.3) is 0 Å². The van der Waals surface area contributed by atoms with Crippen molar-refractivity contribution in [1.82, 2.24) is 0 Å². The lowest BCUT2D eigenvalue weighted by Gasteiger charge is -2.41. The van der Waals surface area contributed by atoms with Crippen LogP contribution < -0.4 is 0 Å². The SMILES string of the molecule is CO[C@@H]1C[C@H]2CC[C@]1(CSC)C2(C)C. The van der Waals surface area contributed by atoms with E-state index in [0.717, 1.165) is 5.92 Å². The average Bonchev–Trinajstić information content (AvgIpc) is 2.51. The van der Waals surface area contributed by atoms with Crippen molar-refractivity contribution in [2.75, 3.05) is 19.1 Å². The van der Waals surface area contributed by atoms with Gasteiger partial charge in [-0.2, -0.15) is 11.8 Å². The number of ether oxygens (including phenoxy) is 1. The van der Waals surface area contributed by atoms with Gasteiger partial charge in [0.1, 0.15) is 0 Å². The Labute approximate surface area is 92.0 Å². The topological polar surface area (TPSA) is 9.23 Å². The first-order valence-corrected chi connectivity index (χ1v) is 6.99. The maximum Gasteiger partial charge on any atom is 0.0643 e. The number of hydrogen-bond acceptors (Lipinski definition) is 2. The summed E-state index contributed by atoms with van der Waals surface area (Å²) in [7, 11) is 1.89. The fraction of sp³-hybridized carbons (Fsp3) is 1.00. The summed E-state index contributed by atoms with van der Waals surface area (Å²) in [4.78, 5) is 0. The molecule has 2 aliphatic carbocycles. The Morgan fingerprint density at radius 1 is 1.43 bits per heavy atom. The molecule has 2 heteroatoms. The van der Waals surface area contributed by atoms with Crippen molar-refractivity contribution in [2.45, 2.75) is 39.2 Å². The molecule has 2 rings (SSSR count). The molecule has 0 aliphatic heterocycles. The molecule has 0 N–H and O–H groups in total. The van der Waals surface area contributed by atoms with Crippen LogP contribution in [-0.4, -0.2) is 25.2 Å². The molecule has 2 fully saturated rings. The van der Waals surface area contributed by atoms with Gasteiger partial charge < -0.3 is 4.74 Å². The molecule has 0 aromatic rings. The van der Waals surface area contributed by atoms with Crippen LogP contribution in [0.2, 0.25) is 0 Å². The second-order valence-corrected chi connectivity index (χ2v) is 6.37. The molecule has 1 nitrogen and oxygen atoms in total. The maximum absolute atomic E-state index is 5.72. The highest BCUT2D eigenvalue weighted by atomic mass is 32.2. The molecule has 3 atom stereocenters. The summed E-state index contributed by atoms with van der Waals surface area (Å²) in [5.74, 6) is 2.18. The van der Waals surface area contributed by atoms with Gasteiger partial charge in [0.2, 0.25) is 0 Å². The second-order valence-electron chi connectivity index (χ2n) is 5.51. The summed E-state index contributed by atoms with van der Waals surface area (Å²) >= 11 is 1.99. The van der Waals surface area contributed by atoms with Crippen LogP contribution in [0.5, 0.6) is 0 Å². The highest BCUT2D eigenvalue weighted by molar-refractivity contribution is 7.98. The molecule has 0 saturated heterocycles. The van der Waals surface area contributed by atoms with Gasteiger partial charge in [0.15, 0.2) is 0 Å². The summed E-state index contributed by atoms with van der Waals surface area (Å²) in [6.07, 6.45) is 6.84. The zero-order valence-electron chi connectivity index (χ0n) is 9.80. The molecule has 14 heavy (non-hydrogen) atoms. The van der Waals surface area contributed by atoms with E-state index in [2.05, 4.69) is 20.1 Å². The summed E-state index contributed by atoms with van der Waals surface area (Å²) in [6.45, 7) is 4.92. The molecule has 2 aliphatic rings. The number of rotatable bonds is 3. The highest BCUT2D eigenvalue weighted by Gasteiger charge is 2.63. The minimum atomic E-state index is 0.464. The smallest absolute Gasteiger partial charge is 0.0643 e. The third kappa shape index (κ3) is 1.13. The quantitative estimate of drug-likeness (QED) is 0.713. The van der Waals surface area contributed by atoms with E-state index in [1.807, 2.05) is 18.9 Å². The van der Waals surface area contributed by atoms with Crippen LogP contribution in [0.1, 0.15) is 33.1 Å². The van der Waals surface area contributed by atoms with Crippen LogP contribution in [0.3, 0.4) is 0 Å². The second kappa shape index (κ2) is 3.41. The molecule has 2 saturated carbocycles. The lowest BCUT2D eigenvalue weighted by molar-refractivity contribution is -0.0166. The Kier molecular flexibility index (Phi) is 2.64. The predicted octanol–water partition coefficient (Wildman–Crippen LogP) is 3.19. The molecule has 0 aromatic carbocycles. The van der Waals surface area contributed by atoms with Gasteiger partial charge in [-0.3, -0.25) is 0 Å². The summed E-state index contributed by atoms with van der Waals surface area (Å²) < 4.78 is 5.72. The minimum absolute atomic E-state index is 0.464. The fourth-order valence-electron chi connectivity index (χ4n) is 3.92. The van der Waals surface area contributed by atoms with E-state index in [0.29, 0.717) is 16.9 Å². The van der Waals surface area contributed by atoms with Crippen molar-refractivity contribution < 1.29 is 4.74 Å². The van der Waals surface area contributed by atoms with Crippen molar-refractivity contribution in [3.05, 3.63) is 0 Å². The van der Waals surface area contributed by atoms with E-state index >= 15 is 0 Å². The summed E-state index contributed by atoms with van der Waals surface area (Å²) in [6, 6.07) is 0. The average molecular weight is 214 g/mol. The van der Waals surface area contributed by atoms with Crippen molar-refractivity contribution in [3.63, 3.8) is 0 Å². The highest BCUT2D eigenvalue weighted by Crippen LogP contribution is 2.67. The van der Waals surface area contributed by atoms with E-state index in [1.165, 1.54) is 25.0 Å². The molecule has 0 aromatic heterocycles. The van der Waals surface area contributed by atoms with Crippen LogP contribution in [-0.2, 0) is 4.74 Å². The molecule has 0 unspecified atom stereocenters. The Morgan fingerprint density at radius 2 is 2.14 bits per heavy atom. The molecule has 0 radical (unpaired) electrons. The van der Waals surface area contributed by atoms with E-state index in [-0.39, 0.29) is 0 Å². The van der Waals surface area contributed by atoms with Gasteiger partial charge in [-0.25, -0.2) is 0 Å². The van der Waals surface area contributed by atoms with Gasteiger partial charge in [-0.05, 0) is 36.9 Å². The van der Waals surface area contributed by atoms with Gasteiger partial charge in [0, 0.05) is 18.3 Å². The number of hydrogen-bond donors (Lipinski definition) is 0. The van der Waals surface area contributed by atoms with Crippen molar-refractivity contribution in [3.8, 4) is 0 Å². The van der Waals surface area contributed by atoms with Gasteiger partial charge >= 0.3 is 0 Å². The van der Waals surface area contributed by atoms with Gasteiger partial charge in [-0.15, -0.1) is 0 Å². The summed E-state index contributed by atoms with van der Waals surface area (Å²) in [5.41, 5.74) is 0.961. The molecule has 0 heterocycles. The largest absolute Gasteiger partial charge is 0.381 e. The Bertz CT molecular complexity index is 226. The van der Waals surface area contributed by atoms with Crippen molar-refractivity contribution >= 4 is 11.8 Å². The Morgan fingerprint density at radius 3 is 2.64 bits per heavy atom. The summed E-state index contributed by atoms with van der Waals surface area (Å²) in [5, 5.41) is 0. The standard InChI is InChI=1S/C12H22OS/c1-11(2)9-5-6-12(11,8-14-4)10(7-9)13-3/h9-10H,5-8H2,1-4H3/t9-,10-,12-/m1/s1. The first-order valence-electron chi connectivity index (χ1n) is 5.60. The van der Waals surface area contributed by atoms with Crippen molar-refractivity contribution in [1.29, 1.82) is 0 Å².